The molecule has 0 aliphatic carbocycles. The molecule has 4 nitrogen and oxygen atoms in total. The lowest BCUT2D eigenvalue weighted by molar-refractivity contribution is -0.126. The lowest BCUT2D eigenvalue weighted by Gasteiger charge is -2.31. The lowest BCUT2D eigenvalue weighted by atomic mass is 9.94. The van der Waals surface area contributed by atoms with E-state index in [1.54, 1.807) is 0 Å². The summed E-state index contributed by atoms with van der Waals surface area (Å²) < 4.78 is 0. The summed E-state index contributed by atoms with van der Waals surface area (Å²) in [6.45, 7) is 3.29. The molecular formula is C25H26N2O2S. The normalized spacial score (nSPS) is 15.6. The molecule has 1 N–H and O–H groups in total. The maximum Gasteiger partial charge on any atom is 0.263 e. The van der Waals surface area contributed by atoms with Crippen LogP contribution in [-0.4, -0.2) is 29.8 Å². The topological polar surface area (TPSA) is 49.4 Å². The minimum absolute atomic E-state index is 0.0385. The fraction of sp³-hybridized carbons (Fsp3) is 0.280. The van der Waals surface area contributed by atoms with Gasteiger partial charge in [-0.25, -0.2) is 0 Å². The standard InChI is InChI=1S/C25H26N2O2S/c1-18(19-9-11-21(12-10-19)20-6-3-2-4-7-20)26-24(28)22-13-15-27(16-14-22)25(29)23-8-5-17-30-23/h2-12,17-18,22H,13-16H2,1H3,(H,26,28)/t18-/m0/s1. The molecule has 1 aliphatic rings. The van der Waals surface area contributed by atoms with Crippen molar-refractivity contribution in [1.82, 2.24) is 10.2 Å². The highest BCUT2D eigenvalue weighted by Gasteiger charge is 2.28. The number of amides is 2. The van der Waals surface area contributed by atoms with E-state index in [0.717, 1.165) is 10.4 Å². The predicted octanol–water partition coefficient (Wildman–Crippen LogP) is 5.14. The van der Waals surface area contributed by atoms with Crippen molar-refractivity contribution in [2.45, 2.75) is 25.8 Å². The smallest absolute Gasteiger partial charge is 0.263 e. The molecule has 2 aromatic carbocycles. The Bertz CT molecular complexity index is 976. The van der Waals surface area contributed by atoms with E-state index in [-0.39, 0.29) is 23.8 Å². The fourth-order valence-electron chi connectivity index (χ4n) is 3.91. The van der Waals surface area contributed by atoms with Crippen molar-refractivity contribution in [3.05, 3.63) is 82.6 Å². The largest absolute Gasteiger partial charge is 0.349 e. The zero-order valence-electron chi connectivity index (χ0n) is 17.1. The molecule has 2 amide bonds. The van der Waals surface area contributed by atoms with Gasteiger partial charge in [-0.1, -0.05) is 60.7 Å². The van der Waals surface area contributed by atoms with Crippen molar-refractivity contribution < 1.29 is 9.59 Å². The van der Waals surface area contributed by atoms with Crippen LogP contribution in [0.1, 0.15) is 41.0 Å². The third kappa shape index (κ3) is 4.62. The molecule has 1 saturated heterocycles. The number of rotatable bonds is 5. The van der Waals surface area contributed by atoms with Crippen molar-refractivity contribution >= 4 is 23.2 Å². The first-order chi connectivity index (χ1) is 14.6. The number of hydrogen-bond acceptors (Lipinski definition) is 3. The van der Waals surface area contributed by atoms with E-state index in [2.05, 4.69) is 41.7 Å². The minimum Gasteiger partial charge on any atom is -0.349 e. The average Bonchev–Trinajstić information content (AvgIpc) is 3.34. The van der Waals surface area contributed by atoms with Crippen LogP contribution in [0.3, 0.4) is 0 Å². The first-order valence-electron chi connectivity index (χ1n) is 10.4. The number of carbonyl (C=O) groups is 2. The van der Waals surface area contributed by atoms with Crippen LogP contribution in [0.25, 0.3) is 11.1 Å². The first kappa shape index (κ1) is 20.4. The molecule has 154 valence electrons. The number of hydrogen-bond donors (Lipinski definition) is 1. The number of likely N-dealkylation sites (tertiary alicyclic amines) is 1. The highest BCUT2D eigenvalue weighted by atomic mass is 32.1. The van der Waals surface area contributed by atoms with Gasteiger partial charge in [-0.2, -0.15) is 0 Å². The SMILES string of the molecule is C[C@H](NC(=O)C1CCN(C(=O)c2cccs2)CC1)c1ccc(-c2ccccc2)cc1. The molecule has 0 unspecified atom stereocenters. The summed E-state index contributed by atoms with van der Waals surface area (Å²) in [5, 5.41) is 5.07. The molecule has 2 heterocycles. The van der Waals surface area contributed by atoms with Gasteiger partial charge in [0.05, 0.1) is 10.9 Å². The van der Waals surface area contributed by atoms with Crippen LogP contribution in [0.4, 0.5) is 0 Å². The van der Waals surface area contributed by atoms with E-state index >= 15 is 0 Å². The number of carbonyl (C=O) groups excluding carboxylic acids is 2. The van der Waals surface area contributed by atoms with Gasteiger partial charge in [-0.3, -0.25) is 9.59 Å². The van der Waals surface area contributed by atoms with Crippen molar-refractivity contribution in [3.8, 4) is 11.1 Å². The second-order valence-corrected chi connectivity index (χ2v) is 8.71. The summed E-state index contributed by atoms with van der Waals surface area (Å²) in [5.41, 5.74) is 3.44. The van der Waals surface area contributed by atoms with Gasteiger partial charge >= 0.3 is 0 Å². The van der Waals surface area contributed by atoms with Gasteiger partial charge in [0.2, 0.25) is 5.91 Å². The highest BCUT2D eigenvalue weighted by molar-refractivity contribution is 7.12. The molecule has 0 spiro atoms. The summed E-state index contributed by atoms with van der Waals surface area (Å²) in [4.78, 5) is 27.9. The van der Waals surface area contributed by atoms with Gasteiger partial charge in [-0.05, 0) is 47.9 Å². The lowest BCUT2D eigenvalue weighted by Crippen LogP contribution is -2.43. The molecule has 0 bridgehead atoms. The van der Waals surface area contributed by atoms with Gasteiger partial charge in [0.15, 0.2) is 0 Å². The van der Waals surface area contributed by atoms with Crippen LogP contribution in [-0.2, 0) is 4.79 Å². The number of nitrogens with one attached hydrogen (secondary N) is 1. The summed E-state index contributed by atoms with van der Waals surface area (Å²) in [6, 6.07) is 22.3. The molecule has 1 aliphatic heterocycles. The van der Waals surface area contributed by atoms with Crippen LogP contribution < -0.4 is 5.32 Å². The van der Waals surface area contributed by atoms with Crippen molar-refractivity contribution in [3.63, 3.8) is 0 Å². The van der Waals surface area contributed by atoms with E-state index in [4.69, 9.17) is 0 Å². The van der Waals surface area contributed by atoms with Crippen LogP contribution in [0.2, 0.25) is 0 Å². The fourth-order valence-corrected chi connectivity index (χ4v) is 4.60. The zero-order valence-corrected chi connectivity index (χ0v) is 17.9. The molecule has 30 heavy (non-hydrogen) atoms. The highest BCUT2D eigenvalue weighted by Crippen LogP contribution is 2.24. The molecule has 0 radical (unpaired) electrons. The third-order valence-electron chi connectivity index (χ3n) is 5.76. The Hall–Kier alpha value is -2.92. The van der Waals surface area contributed by atoms with Crippen molar-refractivity contribution in [2.75, 3.05) is 13.1 Å². The van der Waals surface area contributed by atoms with Crippen molar-refractivity contribution in [2.24, 2.45) is 5.92 Å². The van der Waals surface area contributed by atoms with Gasteiger partial charge < -0.3 is 10.2 Å². The Morgan fingerprint density at radius 3 is 2.23 bits per heavy atom. The van der Waals surface area contributed by atoms with Gasteiger partial charge in [0.25, 0.3) is 5.91 Å². The quantitative estimate of drug-likeness (QED) is 0.623. The van der Waals surface area contributed by atoms with Gasteiger partial charge in [0, 0.05) is 19.0 Å². The Labute approximate surface area is 181 Å². The van der Waals surface area contributed by atoms with E-state index < -0.39 is 0 Å². The average molecular weight is 419 g/mol. The molecular weight excluding hydrogens is 392 g/mol. The maximum atomic E-state index is 12.8. The Balaban J connectivity index is 1.30. The first-order valence-corrected chi connectivity index (χ1v) is 11.3. The zero-order chi connectivity index (χ0) is 20.9. The molecule has 1 fully saturated rings. The predicted molar refractivity (Wildman–Crippen MR) is 121 cm³/mol. The monoisotopic (exact) mass is 418 g/mol. The number of thiophene rings is 1. The third-order valence-corrected chi connectivity index (χ3v) is 6.62. The second kappa shape index (κ2) is 9.26. The van der Waals surface area contributed by atoms with E-state index in [0.29, 0.717) is 25.9 Å². The minimum atomic E-state index is -0.0481. The maximum absolute atomic E-state index is 12.8. The Morgan fingerprint density at radius 1 is 0.933 bits per heavy atom. The van der Waals surface area contributed by atoms with Crippen LogP contribution in [0.15, 0.2) is 72.1 Å². The van der Waals surface area contributed by atoms with Gasteiger partial charge in [-0.15, -0.1) is 11.3 Å². The van der Waals surface area contributed by atoms with E-state index in [1.165, 1.54) is 22.5 Å². The van der Waals surface area contributed by atoms with E-state index in [1.807, 2.05) is 47.5 Å². The van der Waals surface area contributed by atoms with Crippen LogP contribution in [0.5, 0.6) is 0 Å². The molecule has 1 atom stereocenters. The molecule has 5 heteroatoms. The number of nitrogens with zero attached hydrogens (tertiary/aromatic N) is 1. The summed E-state index contributed by atoms with van der Waals surface area (Å²) in [7, 11) is 0. The Morgan fingerprint density at radius 2 is 1.60 bits per heavy atom. The summed E-state index contributed by atoms with van der Waals surface area (Å²) in [6.07, 6.45) is 1.42. The summed E-state index contributed by atoms with van der Waals surface area (Å²) in [5.74, 6) is 0.122. The summed E-state index contributed by atoms with van der Waals surface area (Å²) >= 11 is 1.47. The number of benzene rings is 2. The molecule has 4 rings (SSSR count). The molecule has 3 aromatic rings. The van der Waals surface area contributed by atoms with Crippen molar-refractivity contribution in [1.29, 1.82) is 0 Å². The van der Waals surface area contributed by atoms with E-state index in [9.17, 15) is 9.59 Å². The molecule has 1 aromatic heterocycles. The number of piperidine rings is 1. The molecule has 0 saturated carbocycles. The van der Waals surface area contributed by atoms with Crippen LogP contribution >= 0.6 is 11.3 Å². The van der Waals surface area contributed by atoms with Gasteiger partial charge in [0.1, 0.15) is 0 Å². The second-order valence-electron chi connectivity index (χ2n) is 7.76. The Kier molecular flexibility index (Phi) is 6.29. The van der Waals surface area contributed by atoms with Crippen LogP contribution in [0, 0.1) is 5.92 Å².